The summed E-state index contributed by atoms with van der Waals surface area (Å²) in [4.78, 5) is 0. The lowest BCUT2D eigenvalue weighted by atomic mass is 10.1. The zero-order chi connectivity index (χ0) is 15.0. The van der Waals surface area contributed by atoms with Crippen LogP contribution in [0.4, 0.5) is 13.2 Å². The second-order valence-electron chi connectivity index (χ2n) is 4.46. The van der Waals surface area contributed by atoms with Crippen molar-refractivity contribution in [3.63, 3.8) is 0 Å². The van der Waals surface area contributed by atoms with Crippen LogP contribution in [0.2, 0.25) is 0 Å². The molecule has 0 unspecified atom stereocenters. The summed E-state index contributed by atoms with van der Waals surface area (Å²) in [6.07, 6.45) is -3.85. The van der Waals surface area contributed by atoms with Crippen molar-refractivity contribution in [2.75, 3.05) is 26.9 Å². The molecule has 0 radical (unpaired) electrons. The molecule has 0 saturated heterocycles. The molecule has 0 aliphatic carbocycles. The number of alkyl halides is 3. The first-order valence-electron chi connectivity index (χ1n) is 6.44. The lowest BCUT2D eigenvalue weighted by molar-refractivity contribution is -0.174. The van der Waals surface area contributed by atoms with Crippen molar-refractivity contribution >= 4 is 0 Å². The van der Waals surface area contributed by atoms with Gasteiger partial charge < -0.3 is 14.8 Å². The molecule has 1 aromatic rings. The van der Waals surface area contributed by atoms with Crippen molar-refractivity contribution in [3.05, 3.63) is 29.3 Å². The highest BCUT2D eigenvalue weighted by atomic mass is 19.4. The Bertz CT molecular complexity index is 408. The van der Waals surface area contributed by atoms with Crippen molar-refractivity contribution in [3.8, 4) is 5.75 Å². The molecule has 0 spiro atoms. The third kappa shape index (κ3) is 6.25. The summed E-state index contributed by atoms with van der Waals surface area (Å²) in [7, 11) is 1.84. The van der Waals surface area contributed by atoms with Crippen molar-refractivity contribution in [1.29, 1.82) is 0 Å². The first-order chi connectivity index (χ1) is 9.44. The Morgan fingerprint density at radius 3 is 2.60 bits per heavy atom. The van der Waals surface area contributed by atoms with E-state index in [0.29, 0.717) is 19.6 Å². The lowest BCUT2D eigenvalue weighted by Crippen LogP contribution is -2.18. The molecule has 0 saturated carbocycles. The van der Waals surface area contributed by atoms with E-state index in [9.17, 15) is 13.2 Å². The van der Waals surface area contributed by atoms with E-state index in [2.05, 4.69) is 10.1 Å². The van der Waals surface area contributed by atoms with E-state index in [1.54, 1.807) is 0 Å². The largest absolute Gasteiger partial charge is 0.493 e. The van der Waals surface area contributed by atoms with Crippen LogP contribution in [0, 0.1) is 6.92 Å². The number of ether oxygens (including phenoxy) is 2. The Morgan fingerprint density at radius 2 is 1.95 bits per heavy atom. The maximum atomic E-state index is 11.9. The molecule has 0 fully saturated rings. The molecule has 1 rings (SSSR count). The molecule has 0 amide bonds. The Balaban J connectivity index is 2.35. The van der Waals surface area contributed by atoms with Crippen LogP contribution in [-0.4, -0.2) is 33.0 Å². The van der Waals surface area contributed by atoms with Crippen molar-refractivity contribution < 1.29 is 22.6 Å². The highest BCUT2D eigenvalue weighted by Gasteiger charge is 2.27. The average molecular weight is 291 g/mol. The lowest BCUT2D eigenvalue weighted by Gasteiger charge is -2.14. The molecular weight excluding hydrogens is 271 g/mol. The van der Waals surface area contributed by atoms with Crippen LogP contribution in [0.3, 0.4) is 0 Å². The van der Waals surface area contributed by atoms with Crippen LogP contribution in [-0.2, 0) is 11.3 Å². The summed E-state index contributed by atoms with van der Waals surface area (Å²) in [5, 5.41) is 3.05. The van der Waals surface area contributed by atoms with Gasteiger partial charge in [-0.2, -0.15) is 13.2 Å². The molecular formula is C14H20F3NO2. The highest BCUT2D eigenvalue weighted by Crippen LogP contribution is 2.23. The van der Waals surface area contributed by atoms with Crippen LogP contribution in [0.1, 0.15) is 17.5 Å². The minimum absolute atomic E-state index is 0.0345. The Kier molecular flexibility index (Phi) is 6.81. The summed E-state index contributed by atoms with van der Waals surface area (Å²) >= 11 is 0. The normalized spacial score (nSPS) is 11.7. The summed E-state index contributed by atoms with van der Waals surface area (Å²) in [6, 6.07) is 5.84. The molecule has 20 heavy (non-hydrogen) atoms. The quantitative estimate of drug-likeness (QED) is 0.747. The minimum atomic E-state index is -4.27. The summed E-state index contributed by atoms with van der Waals surface area (Å²) in [5.41, 5.74) is 2.04. The average Bonchev–Trinajstić information content (AvgIpc) is 2.35. The summed E-state index contributed by atoms with van der Waals surface area (Å²) in [6.45, 7) is 1.78. The Morgan fingerprint density at radius 1 is 1.20 bits per heavy atom. The predicted molar refractivity (Wildman–Crippen MR) is 70.9 cm³/mol. The molecule has 0 heterocycles. The molecule has 114 valence electrons. The van der Waals surface area contributed by atoms with E-state index in [1.165, 1.54) is 0 Å². The molecule has 3 nitrogen and oxygen atoms in total. The summed E-state index contributed by atoms with van der Waals surface area (Å²) < 4.78 is 45.7. The zero-order valence-electron chi connectivity index (χ0n) is 11.7. The number of aryl methyl sites for hydroxylation is 1. The number of rotatable bonds is 8. The van der Waals surface area contributed by atoms with Gasteiger partial charge in [0, 0.05) is 18.5 Å². The standard InChI is InChI=1S/C14H20F3NO2/c1-11-5-3-6-12(9-18-2)13(11)20-8-4-7-19-10-14(15,16)17/h3,5-6,18H,4,7-10H2,1-2H3. The first-order valence-corrected chi connectivity index (χ1v) is 6.44. The van der Waals surface area contributed by atoms with Gasteiger partial charge in [0.1, 0.15) is 12.4 Å². The second-order valence-corrected chi connectivity index (χ2v) is 4.46. The van der Waals surface area contributed by atoms with Gasteiger partial charge in [-0.25, -0.2) is 0 Å². The molecule has 0 aromatic heterocycles. The van der Waals surface area contributed by atoms with Gasteiger partial charge in [-0.3, -0.25) is 0 Å². The van der Waals surface area contributed by atoms with Gasteiger partial charge in [0.05, 0.1) is 13.2 Å². The fourth-order valence-electron chi connectivity index (χ4n) is 1.77. The number of para-hydroxylation sites is 1. The van der Waals surface area contributed by atoms with Crippen LogP contribution < -0.4 is 10.1 Å². The fraction of sp³-hybridized carbons (Fsp3) is 0.571. The van der Waals surface area contributed by atoms with Crippen LogP contribution >= 0.6 is 0 Å². The second kappa shape index (κ2) is 8.11. The van der Waals surface area contributed by atoms with Crippen molar-refractivity contribution in [2.45, 2.75) is 26.1 Å². The minimum Gasteiger partial charge on any atom is -0.493 e. The maximum Gasteiger partial charge on any atom is 0.411 e. The molecule has 0 atom stereocenters. The van der Waals surface area contributed by atoms with Crippen LogP contribution in [0.15, 0.2) is 18.2 Å². The van der Waals surface area contributed by atoms with Gasteiger partial charge in [-0.05, 0) is 19.5 Å². The fourth-order valence-corrected chi connectivity index (χ4v) is 1.77. The topological polar surface area (TPSA) is 30.5 Å². The van der Waals surface area contributed by atoms with E-state index in [0.717, 1.165) is 16.9 Å². The highest BCUT2D eigenvalue weighted by molar-refractivity contribution is 5.40. The van der Waals surface area contributed by atoms with E-state index in [-0.39, 0.29) is 6.61 Å². The summed E-state index contributed by atoms with van der Waals surface area (Å²) in [5.74, 6) is 0.790. The zero-order valence-corrected chi connectivity index (χ0v) is 11.7. The Hall–Kier alpha value is -1.27. The van der Waals surface area contributed by atoms with Gasteiger partial charge >= 0.3 is 6.18 Å². The Labute approximate surface area is 117 Å². The predicted octanol–water partition coefficient (Wildman–Crippen LogP) is 3.06. The number of hydrogen-bond acceptors (Lipinski definition) is 3. The maximum absolute atomic E-state index is 11.9. The van der Waals surface area contributed by atoms with E-state index < -0.39 is 12.8 Å². The molecule has 1 aromatic carbocycles. The smallest absolute Gasteiger partial charge is 0.411 e. The van der Waals surface area contributed by atoms with Crippen molar-refractivity contribution in [2.24, 2.45) is 0 Å². The molecule has 0 aliphatic heterocycles. The SMILES string of the molecule is CNCc1cccc(C)c1OCCCOCC(F)(F)F. The molecule has 1 N–H and O–H groups in total. The third-order valence-corrected chi connectivity index (χ3v) is 2.61. The van der Waals surface area contributed by atoms with Gasteiger partial charge in [-0.15, -0.1) is 0 Å². The molecule has 6 heteroatoms. The van der Waals surface area contributed by atoms with Crippen molar-refractivity contribution in [1.82, 2.24) is 5.32 Å². The third-order valence-electron chi connectivity index (χ3n) is 2.61. The van der Waals surface area contributed by atoms with Crippen LogP contribution in [0.5, 0.6) is 5.75 Å². The molecule has 0 bridgehead atoms. The van der Waals surface area contributed by atoms with E-state index in [4.69, 9.17) is 4.74 Å². The number of halogens is 3. The first kappa shape index (κ1) is 16.8. The monoisotopic (exact) mass is 291 g/mol. The van der Waals surface area contributed by atoms with Gasteiger partial charge in [0.25, 0.3) is 0 Å². The number of nitrogens with one attached hydrogen (secondary N) is 1. The van der Waals surface area contributed by atoms with E-state index >= 15 is 0 Å². The number of hydrogen-bond donors (Lipinski definition) is 1. The van der Waals surface area contributed by atoms with Crippen LogP contribution in [0.25, 0.3) is 0 Å². The van der Waals surface area contributed by atoms with Gasteiger partial charge in [-0.1, -0.05) is 18.2 Å². The van der Waals surface area contributed by atoms with Gasteiger partial charge in [0.2, 0.25) is 0 Å². The van der Waals surface area contributed by atoms with Gasteiger partial charge in [0.15, 0.2) is 0 Å². The molecule has 0 aliphatic rings. The van der Waals surface area contributed by atoms with E-state index in [1.807, 2.05) is 32.2 Å². The number of benzene rings is 1.